The lowest BCUT2D eigenvalue weighted by Crippen LogP contribution is -2.49. The molecule has 0 bridgehead atoms. The van der Waals surface area contributed by atoms with Crippen molar-refractivity contribution in [3.8, 4) is 0 Å². The van der Waals surface area contributed by atoms with Crippen LogP contribution < -0.4 is 5.73 Å². The summed E-state index contributed by atoms with van der Waals surface area (Å²) in [6.45, 7) is 3.35. The van der Waals surface area contributed by atoms with Gasteiger partial charge in [-0.3, -0.25) is 0 Å². The highest BCUT2D eigenvalue weighted by atomic mass is 35.5. The molecule has 1 saturated carbocycles. The zero-order chi connectivity index (χ0) is 15.7. The molecule has 130 valence electrons. The van der Waals surface area contributed by atoms with E-state index < -0.39 is 6.41 Å². The molecule has 0 amide bonds. The number of nitrogens with zero attached hydrogens (tertiary/aromatic N) is 1. The van der Waals surface area contributed by atoms with Crippen LogP contribution in [-0.4, -0.2) is 41.7 Å². The molecule has 2 aliphatic rings. The van der Waals surface area contributed by atoms with Gasteiger partial charge in [0, 0.05) is 29.1 Å². The van der Waals surface area contributed by atoms with Gasteiger partial charge in [0.05, 0.1) is 6.61 Å². The zero-order valence-corrected chi connectivity index (χ0v) is 15.0. The maximum Gasteiger partial charge on any atom is 0.216 e. The standard InChI is InChI=1S/C17H25ClN2O2.ClH/c1-12-10-22-16(21)20(12)15-5-7-17(11-19,8-6-15)13-3-2-4-14(18)9-13;/h2-4,9,12,15-16,21H,5-8,10-11,19H2,1H3;1H/t12-,15?,16?,17?;/m0./s1. The van der Waals surface area contributed by atoms with E-state index in [1.807, 2.05) is 18.2 Å². The third-order valence-corrected chi connectivity index (χ3v) is 5.65. The first-order valence-electron chi connectivity index (χ1n) is 8.09. The van der Waals surface area contributed by atoms with E-state index in [0.29, 0.717) is 19.2 Å². The van der Waals surface area contributed by atoms with Crippen molar-refractivity contribution >= 4 is 24.0 Å². The average Bonchev–Trinajstić information content (AvgIpc) is 2.86. The van der Waals surface area contributed by atoms with Crippen molar-refractivity contribution in [2.24, 2.45) is 5.73 Å². The van der Waals surface area contributed by atoms with Crippen molar-refractivity contribution < 1.29 is 9.84 Å². The van der Waals surface area contributed by atoms with Gasteiger partial charge in [-0.2, -0.15) is 0 Å². The molecule has 1 unspecified atom stereocenters. The van der Waals surface area contributed by atoms with Crippen molar-refractivity contribution in [1.82, 2.24) is 4.90 Å². The van der Waals surface area contributed by atoms with Gasteiger partial charge in [0.15, 0.2) is 0 Å². The molecule has 1 aromatic rings. The summed E-state index contributed by atoms with van der Waals surface area (Å²) in [7, 11) is 0. The Morgan fingerprint density at radius 1 is 1.39 bits per heavy atom. The lowest BCUT2D eigenvalue weighted by molar-refractivity contribution is -0.153. The minimum Gasteiger partial charge on any atom is -0.356 e. The van der Waals surface area contributed by atoms with Gasteiger partial charge < -0.3 is 15.6 Å². The number of hydrogen-bond acceptors (Lipinski definition) is 4. The molecule has 1 aromatic carbocycles. The molecule has 3 rings (SSSR count). The quantitative estimate of drug-likeness (QED) is 0.869. The van der Waals surface area contributed by atoms with Crippen LogP contribution in [0.25, 0.3) is 0 Å². The number of aliphatic hydroxyl groups is 1. The average molecular weight is 361 g/mol. The number of rotatable bonds is 3. The Bertz CT molecular complexity index is 511. The molecular weight excluding hydrogens is 335 g/mol. The van der Waals surface area contributed by atoms with E-state index in [4.69, 9.17) is 22.1 Å². The lowest BCUT2D eigenvalue weighted by Gasteiger charge is -2.43. The number of aliphatic hydroxyl groups excluding tert-OH is 1. The summed E-state index contributed by atoms with van der Waals surface area (Å²) in [4.78, 5) is 2.11. The fraction of sp³-hybridized carbons (Fsp3) is 0.647. The number of nitrogens with two attached hydrogens (primary N) is 1. The van der Waals surface area contributed by atoms with Crippen LogP contribution in [-0.2, 0) is 10.2 Å². The number of hydrogen-bond donors (Lipinski definition) is 2. The summed E-state index contributed by atoms with van der Waals surface area (Å²) >= 11 is 6.15. The molecule has 1 aliphatic heterocycles. The number of halogens is 2. The van der Waals surface area contributed by atoms with Gasteiger partial charge in [-0.25, -0.2) is 4.90 Å². The zero-order valence-electron chi connectivity index (χ0n) is 13.5. The van der Waals surface area contributed by atoms with Crippen LogP contribution in [0.15, 0.2) is 24.3 Å². The first kappa shape index (κ1) is 19.0. The molecular formula is C17H26Cl2N2O2. The molecule has 6 heteroatoms. The highest BCUT2D eigenvalue weighted by Crippen LogP contribution is 2.42. The second-order valence-corrected chi connectivity index (χ2v) is 7.12. The van der Waals surface area contributed by atoms with Crippen LogP contribution in [0.2, 0.25) is 5.02 Å². The molecule has 2 atom stereocenters. The number of ether oxygens (including phenoxy) is 1. The molecule has 2 fully saturated rings. The van der Waals surface area contributed by atoms with Gasteiger partial charge in [0.1, 0.15) is 0 Å². The first-order chi connectivity index (χ1) is 10.6. The van der Waals surface area contributed by atoms with Gasteiger partial charge >= 0.3 is 0 Å². The van der Waals surface area contributed by atoms with Gasteiger partial charge in [0.2, 0.25) is 6.41 Å². The molecule has 1 aliphatic carbocycles. The Morgan fingerprint density at radius 3 is 2.61 bits per heavy atom. The first-order valence-corrected chi connectivity index (χ1v) is 8.47. The molecule has 4 nitrogen and oxygen atoms in total. The Balaban J connectivity index is 0.00000192. The Hall–Kier alpha value is -0.360. The van der Waals surface area contributed by atoms with Crippen molar-refractivity contribution in [3.63, 3.8) is 0 Å². The molecule has 0 spiro atoms. The van der Waals surface area contributed by atoms with Crippen molar-refractivity contribution in [3.05, 3.63) is 34.9 Å². The normalized spacial score (nSPS) is 35.0. The van der Waals surface area contributed by atoms with Gasteiger partial charge in [-0.15, -0.1) is 12.4 Å². The van der Waals surface area contributed by atoms with E-state index in [0.717, 1.165) is 30.7 Å². The van der Waals surface area contributed by atoms with Gasteiger partial charge in [-0.05, 0) is 50.3 Å². The third kappa shape index (κ3) is 3.68. The fourth-order valence-corrected chi connectivity index (χ4v) is 4.23. The smallest absolute Gasteiger partial charge is 0.216 e. The highest BCUT2D eigenvalue weighted by Gasteiger charge is 2.42. The molecule has 0 radical (unpaired) electrons. The van der Waals surface area contributed by atoms with Crippen LogP contribution in [0, 0.1) is 0 Å². The Kier molecular flexibility index (Phi) is 6.34. The van der Waals surface area contributed by atoms with E-state index in [9.17, 15) is 5.11 Å². The third-order valence-electron chi connectivity index (χ3n) is 5.41. The minimum absolute atomic E-state index is 0. The Labute approximate surface area is 149 Å². The predicted octanol–water partition coefficient (Wildman–Crippen LogP) is 2.90. The second kappa shape index (κ2) is 7.68. The largest absolute Gasteiger partial charge is 0.356 e. The van der Waals surface area contributed by atoms with E-state index >= 15 is 0 Å². The summed E-state index contributed by atoms with van der Waals surface area (Å²) in [5.41, 5.74) is 7.40. The van der Waals surface area contributed by atoms with Gasteiger partial charge in [-0.1, -0.05) is 23.7 Å². The maximum absolute atomic E-state index is 10.0. The van der Waals surface area contributed by atoms with Crippen LogP contribution in [0.1, 0.15) is 38.2 Å². The molecule has 0 aromatic heterocycles. The predicted molar refractivity (Wildman–Crippen MR) is 94.9 cm³/mol. The van der Waals surface area contributed by atoms with E-state index in [1.54, 1.807) is 0 Å². The van der Waals surface area contributed by atoms with Crippen molar-refractivity contribution in [2.75, 3.05) is 13.2 Å². The van der Waals surface area contributed by atoms with E-state index in [1.165, 1.54) is 5.56 Å². The van der Waals surface area contributed by atoms with Crippen molar-refractivity contribution in [1.29, 1.82) is 0 Å². The highest BCUT2D eigenvalue weighted by molar-refractivity contribution is 6.30. The van der Waals surface area contributed by atoms with Gasteiger partial charge in [0.25, 0.3) is 0 Å². The fourth-order valence-electron chi connectivity index (χ4n) is 4.04. The summed E-state index contributed by atoms with van der Waals surface area (Å²) in [5, 5.41) is 10.8. The van der Waals surface area contributed by atoms with Crippen molar-refractivity contribution in [2.45, 2.75) is 56.5 Å². The number of benzene rings is 1. The summed E-state index contributed by atoms with van der Waals surface area (Å²) in [5.74, 6) is 0. The van der Waals surface area contributed by atoms with Crippen LogP contribution >= 0.6 is 24.0 Å². The van der Waals surface area contributed by atoms with Crippen LogP contribution in [0.4, 0.5) is 0 Å². The maximum atomic E-state index is 10.0. The lowest BCUT2D eigenvalue weighted by atomic mass is 9.68. The summed E-state index contributed by atoms with van der Waals surface area (Å²) in [6.07, 6.45) is 3.33. The topological polar surface area (TPSA) is 58.7 Å². The van der Waals surface area contributed by atoms with Crippen LogP contribution in [0.3, 0.4) is 0 Å². The molecule has 1 heterocycles. The Morgan fingerprint density at radius 2 is 2.09 bits per heavy atom. The minimum atomic E-state index is -0.753. The van der Waals surface area contributed by atoms with E-state index in [-0.39, 0.29) is 23.9 Å². The second-order valence-electron chi connectivity index (χ2n) is 6.68. The SMILES string of the molecule is C[C@H]1COC(O)N1C1CCC(CN)(c2cccc(Cl)c2)CC1.Cl. The summed E-state index contributed by atoms with van der Waals surface area (Å²) < 4.78 is 5.35. The monoisotopic (exact) mass is 360 g/mol. The molecule has 23 heavy (non-hydrogen) atoms. The van der Waals surface area contributed by atoms with Crippen LogP contribution in [0.5, 0.6) is 0 Å². The molecule has 3 N–H and O–H groups in total. The molecule has 1 saturated heterocycles. The summed E-state index contributed by atoms with van der Waals surface area (Å²) in [6, 6.07) is 8.73. The van der Waals surface area contributed by atoms with E-state index in [2.05, 4.69) is 17.9 Å².